The van der Waals surface area contributed by atoms with Gasteiger partial charge in [-0.05, 0) is 30.2 Å². The fraction of sp³-hybridized carbons (Fsp3) is 0.222. The number of nitrogens with one attached hydrogen (secondary N) is 1. The molecule has 3 aromatic rings. The van der Waals surface area contributed by atoms with Gasteiger partial charge in [-0.15, -0.1) is 0 Å². The highest BCUT2D eigenvalue weighted by Gasteiger charge is 2.15. The summed E-state index contributed by atoms with van der Waals surface area (Å²) in [5.74, 6) is -0.419. The first-order chi connectivity index (χ1) is 12.9. The van der Waals surface area contributed by atoms with Crippen molar-refractivity contribution in [1.29, 1.82) is 0 Å². The zero-order chi connectivity index (χ0) is 19.4. The Morgan fingerprint density at radius 1 is 1.33 bits per heavy atom. The van der Waals surface area contributed by atoms with E-state index in [2.05, 4.69) is 20.4 Å². The number of benzene rings is 1. The summed E-state index contributed by atoms with van der Waals surface area (Å²) in [6.07, 6.45) is 3.41. The predicted molar refractivity (Wildman–Crippen MR) is 97.9 cm³/mol. The van der Waals surface area contributed by atoms with Crippen molar-refractivity contribution in [2.24, 2.45) is 0 Å². The second-order valence-electron chi connectivity index (χ2n) is 5.94. The van der Waals surface area contributed by atoms with Crippen molar-refractivity contribution in [3.63, 3.8) is 0 Å². The molecule has 0 amide bonds. The van der Waals surface area contributed by atoms with Crippen molar-refractivity contribution < 1.29 is 19.7 Å². The molecule has 0 radical (unpaired) electrons. The Kier molecular flexibility index (Phi) is 5.32. The lowest BCUT2D eigenvalue weighted by Gasteiger charge is -2.09. The van der Waals surface area contributed by atoms with Crippen LogP contribution in [0.3, 0.4) is 0 Å². The highest BCUT2D eigenvalue weighted by molar-refractivity contribution is 5.72. The summed E-state index contributed by atoms with van der Waals surface area (Å²) in [4.78, 5) is 19.2. The standard InChI is InChI=1S/C18H19N5O4/c1-11-5-12(13-8-20-23(9-13)10-15(24)17(25)26)7-14(6-11)21-18-19-4-3-16(22-18)27-2/h3-9,15,24H,10H2,1-2H3,(H,25,26)(H,19,21,22)/t15-/m0/s1. The van der Waals surface area contributed by atoms with Crippen LogP contribution < -0.4 is 10.1 Å². The zero-order valence-corrected chi connectivity index (χ0v) is 14.8. The number of aromatic nitrogens is 4. The second-order valence-corrected chi connectivity index (χ2v) is 5.94. The van der Waals surface area contributed by atoms with Crippen molar-refractivity contribution in [2.75, 3.05) is 12.4 Å². The Hall–Kier alpha value is -3.46. The van der Waals surface area contributed by atoms with Gasteiger partial charge < -0.3 is 20.3 Å². The van der Waals surface area contributed by atoms with E-state index in [0.29, 0.717) is 11.8 Å². The van der Waals surface area contributed by atoms with E-state index < -0.39 is 12.1 Å². The summed E-state index contributed by atoms with van der Waals surface area (Å²) in [5.41, 5.74) is 3.48. The molecule has 0 saturated carbocycles. The number of hydrogen-bond acceptors (Lipinski definition) is 7. The van der Waals surface area contributed by atoms with Crippen LogP contribution in [0.25, 0.3) is 11.1 Å². The summed E-state index contributed by atoms with van der Waals surface area (Å²) in [7, 11) is 1.54. The third-order valence-electron chi connectivity index (χ3n) is 3.78. The lowest BCUT2D eigenvalue weighted by molar-refractivity contribution is -0.147. The van der Waals surface area contributed by atoms with Gasteiger partial charge in [-0.2, -0.15) is 10.1 Å². The number of aliphatic hydroxyl groups is 1. The number of hydrogen-bond donors (Lipinski definition) is 3. The number of aryl methyl sites for hydroxylation is 1. The number of carbonyl (C=O) groups is 1. The van der Waals surface area contributed by atoms with Crippen molar-refractivity contribution in [3.05, 3.63) is 48.4 Å². The third-order valence-corrected chi connectivity index (χ3v) is 3.78. The van der Waals surface area contributed by atoms with Crippen molar-refractivity contribution in [3.8, 4) is 17.0 Å². The van der Waals surface area contributed by atoms with E-state index in [9.17, 15) is 9.90 Å². The summed E-state index contributed by atoms with van der Waals surface area (Å²) < 4.78 is 6.49. The molecule has 0 fully saturated rings. The average Bonchev–Trinajstić information content (AvgIpc) is 3.10. The molecule has 0 aliphatic rings. The van der Waals surface area contributed by atoms with E-state index in [1.54, 1.807) is 24.7 Å². The van der Waals surface area contributed by atoms with Crippen LogP contribution in [0.5, 0.6) is 5.88 Å². The molecule has 2 aromatic heterocycles. The maximum Gasteiger partial charge on any atom is 0.334 e. The van der Waals surface area contributed by atoms with Crippen LogP contribution in [0.2, 0.25) is 0 Å². The molecule has 0 unspecified atom stereocenters. The van der Waals surface area contributed by atoms with Crippen LogP contribution >= 0.6 is 0 Å². The minimum absolute atomic E-state index is 0.121. The number of nitrogens with zero attached hydrogens (tertiary/aromatic N) is 4. The molecule has 9 heteroatoms. The second kappa shape index (κ2) is 7.83. The Morgan fingerprint density at radius 3 is 2.89 bits per heavy atom. The first-order valence-corrected chi connectivity index (χ1v) is 8.14. The molecule has 0 aliphatic carbocycles. The lowest BCUT2D eigenvalue weighted by atomic mass is 10.1. The predicted octanol–water partition coefficient (Wildman–Crippen LogP) is 1.85. The van der Waals surface area contributed by atoms with Crippen LogP contribution in [-0.4, -0.2) is 49.1 Å². The Morgan fingerprint density at radius 2 is 2.15 bits per heavy atom. The fourth-order valence-electron chi connectivity index (χ4n) is 2.53. The molecule has 0 bridgehead atoms. The number of ether oxygens (including phenoxy) is 1. The Labute approximate surface area is 155 Å². The highest BCUT2D eigenvalue weighted by atomic mass is 16.5. The summed E-state index contributed by atoms with van der Waals surface area (Å²) in [5, 5.41) is 25.5. The summed E-state index contributed by atoms with van der Waals surface area (Å²) in [6, 6.07) is 7.50. The molecule has 3 rings (SSSR count). The molecule has 0 saturated heterocycles. The Bertz CT molecular complexity index is 956. The molecular formula is C18H19N5O4. The monoisotopic (exact) mass is 369 g/mol. The van der Waals surface area contributed by atoms with Crippen molar-refractivity contribution in [2.45, 2.75) is 19.6 Å². The number of aliphatic carboxylic acids is 1. The minimum Gasteiger partial charge on any atom is -0.481 e. The van der Waals surface area contributed by atoms with Crippen molar-refractivity contribution in [1.82, 2.24) is 19.7 Å². The molecule has 3 N–H and O–H groups in total. The van der Waals surface area contributed by atoms with Gasteiger partial charge in [-0.25, -0.2) is 9.78 Å². The number of methoxy groups -OCH3 is 1. The number of carboxylic acid groups (broad SMARTS) is 1. The van der Waals surface area contributed by atoms with Gasteiger partial charge >= 0.3 is 5.97 Å². The normalized spacial score (nSPS) is 11.8. The van der Waals surface area contributed by atoms with Gasteiger partial charge in [-0.3, -0.25) is 4.68 Å². The van der Waals surface area contributed by atoms with Gasteiger partial charge in [-0.1, -0.05) is 6.07 Å². The average molecular weight is 369 g/mol. The van der Waals surface area contributed by atoms with E-state index in [1.807, 2.05) is 25.1 Å². The first-order valence-electron chi connectivity index (χ1n) is 8.14. The van der Waals surface area contributed by atoms with E-state index in [1.165, 1.54) is 11.8 Å². The van der Waals surface area contributed by atoms with Crippen LogP contribution in [0.4, 0.5) is 11.6 Å². The maximum atomic E-state index is 10.8. The van der Waals surface area contributed by atoms with Gasteiger partial charge in [0.2, 0.25) is 11.8 Å². The maximum absolute atomic E-state index is 10.8. The number of rotatable bonds is 7. The van der Waals surface area contributed by atoms with Gasteiger partial charge in [0.15, 0.2) is 6.10 Å². The van der Waals surface area contributed by atoms with E-state index in [0.717, 1.165) is 22.4 Å². The highest BCUT2D eigenvalue weighted by Crippen LogP contribution is 2.26. The molecule has 2 heterocycles. The van der Waals surface area contributed by atoms with Crippen LogP contribution in [0, 0.1) is 6.92 Å². The molecule has 9 nitrogen and oxygen atoms in total. The summed E-state index contributed by atoms with van der Waals surface area (Å²) in [6.45, 7) is 1.84. The quantitative estimate of drug-likeness (QED) is 0.577. The number of carboxylic acids is 1. The fourth-order valence-corrected chi connectivity index (χ4v) is 2.53. The molecular weight excluding hydrogens is 350 g/mol. The summed E-state index contributed by atoms with van der Waals surface area (Å²) >= 11 is 0. The molecule has 140 valence electrons. The molecule has 0 aliphatic heterocycles. The SMILES string of the molecule is COc1ccnc(Nc2cc(C)cc(-c3cnn(C[C@H](O)C(=O)O)c3)c2)n1. The first kappa shape index (κ1) is 18.3. The number of anilines is 2. The van der Waals surface area contributed by atoms with E-state index in [-0.39, 0.29) is 6.54 Å². The molecule has 1 aromatic carbocycles. The Balaban J connectivity index is 1.83. The third kappa shape index (κ3) is 4.59. The minimum atomic E-state index is -1.50. The largest absolute Gasteiger partial charge is 0.481 e. The van der Waals surface area contributed by atoms with Crippen LogP contribution in [0.1, 0.15) is 5.56 Å². The molecule has 0 spiro atoms. The topological polar surface area (TPSA) is 122 Å². The van der Waals surface area contributed by atoms with Crippen LogP contribution in [0.15, 0.2) is 42.9 Å². The zero-order valence-electron chi connectivity index (χ0n) is 14.8. The lowest BCUT2D eigenvalue weighted by Crippen LogP contribution is -2.25. The van der Waals surface area contributed by atoms with Crippen molar-refractivity contribution >= 4 is 17.6 Å². The van der Waals surface area contributed by atoms with Gasteiger partial charge in [0.05, 0.1) is 19.9 Å². The van der Waals surface area contributed by atoms with Gasteiger partial charge in [0.1, 0.15) is 0 Å². The van der Waals surface area contributed by atoms with Gasteiger partial charge in [0.25, 0.3) is 0 Å². The molecule has 27 heavy (non-hydrogen) atoms. The number of aliphatic hydroxyl groups excluding tert-OH is 1. The molecule has 1 atom stereocenters. The van der Waals surface area contributed by atoms with Crippen LogP contribution in [-0.2, 0) is 11.3 Å². The van der Waals surface area contributed by atoms with E-state index >= 15 is 0 Å². The smallest absolute Gasteiger partial charge is 0.334 e. The van der Waals surface area contributed by atoms with Gasteiger partial charge in [0, 0.05) is 29.7 Å². The van der Waals surface area contributed by atoms with E-state index in [4.69, 9.17) is 9.84 Å².